The average Bonchev–Trinajstić information content (AvgIpc) is 2.92. The largest absolute Gasteiger partial charge is 0.313 e. The lowest BCUT2D eigenvalue weighted by atomic mass is 9.99. The van der Waals surface area contributed by atoms with Crippen LogP contribution in [0.15, 0.2) is 59.0 Å². The van der Waals surface area contributed by atoms with E-state index < -0.39 is 0 Å². The van der Waals surface area contributed by atoms with Gasteiger partial charge in [0.05, 0.1) is 11.7 Å². The second kappa shape index (κ2) is 4.28. The maximum absolute atomic E-state index is 12.1. The molecule has 0 bridgehead atoms. The second-order valence-corrected chi connectivity index (χ2v) is 5.45. The van der Waals surface area contributed by atoms with Crippen molar-refractivity contribution in [3.05, 3.63) is 64.5 Å². The Morgan fingerprint density at radius 2 is 1.85 bits per heavy atom. The number of hydrogen-bond donors (Lipinski definition) is 1. The van der Waals surface area contributed by atoms with Gasteiger partial charge in [-0.1, -0.05) is 42.5 Å². The van der Waals surface area contributed by atoms with Crippen LogP contribution in [-0.4, -0.2) is 9.97 Å². The van der Waals surface area contributed by atoms with E-state index >= 15 is 0 Å². The minimum Gasteiger partial charge on any atom is -0.313 e. The maximum atomic E-state index is 12.1. The van der Waals surface area contributed by atoms with E-state index in [0.717, 1.165) is 21.3 Å². The third-order valence-electron chi connectivity index (χ3n) is 3.46. The van der Waals surface area contributed by atoms with Crippen molar-refractivity contribution in [3.63, 3.8) is 0 Å². The molecule has 0 atom stereocenters. The Balaban J connectivity index is 2.15. The molecule has 1 N–H and O–H groups in total. The van der Waals surface area contributed by atoms with Crippen LogP contribution in [0.2, 0.25) is 0 Å². The molecule has 0 radical (unpaired) electrons. The molecule has 4 rings (SSSR count). The number of benzene rings is 2. The number of rotatable bonds is 1. The summed E-state index contributed by atoms with van der Waals surface area (Å²) in [6, 6.07) is 14.3. The lowest BCUT2D eigenvalue weighted by Crippen LogP contribution is -2.05. The zero-order valence-electron chi connectivity index (χ0n) is 10.5. The summed E-state index contributed by atoms with van der Waals surface area (Å²) in [5.41, 5.74) is 1.95. The van der Waals surface area contributed by atoms with Crippen LogP contribution >= 0.6 is 11.3 Å². The Morgan fingerprint density at radius 3 is 2.80 bits per heavy atom. The zero-order chi connectivity index (χ0) is 13.5. The van der Waals surface area contributed by atoms with Crippen LogP contribution < -0.4 is 5.56 Å². The van der Waals surface area contributed by atoms with Gasteiger partial charge in [0, 0.05) is 10.9 Å². The van der Waals surface area contributed by atoms with Crippen molar-refractivity contribution in [2.45, 2.75) is 0 Å². The first-order chi connectivity index (χ1) is 9.84. The predicted octanol–water partition coefficient (Wildman–Crippen LogP) is 3.80. The SMILES string of the molecule is O=c1[nH]cnc2scc(-c3cccc4ccccc34)c12. The van der Waals surface area contributed by atoms with Gasteiger partial charge < -0.3 is 4.98 Å². The van der Waals surface area contributed by atoms with Crippen LogP contribution in [0.25, 0.3) is 32.1 Å². The van der Waals surface area contributed by atoms with Crippen molar-refractivity contribution in [1.82, 2.24) is 9.97 Å². The van der Waals surface area contributed by atoms with E-state index in [2.05, 4.69) is 34.2 Å². The fourth-order valence-corrected chi connectivity index (χ4v) is 3.45. The number of hydrogen-bond acceptors (Lipinski definition) is 3. The summed E-state index contributed by atoms with van der Waals surface area (Å²) in [4.78, 5) is 19.7. The Bertz CT molecular complexity index is 979. The lowest BCUT2D eigenvalue weighted by molar-refractivity contribution is 1.18. The van der Waals surface area contributed by atoms with E-state index in [1.54, 1.807) is 0 Å². The van der Waals surface area contributed by atoms with E-state index in [1.165, 1.54) is 23.1 Å². The quantitative estimate of drug-likeness (QED) is 0.575. The van der Waals surface area contributed by atoms with Gasteiger partial charge in [-0.05, 0) is 16.3 Å². The highest BCUT2D eigenvalue weighted by molar-refractivity contribution is 7.17. The second-order valence-electron chi connectivity index (χ2n) is 4.59. The van der Waals surface area contributed by atoms with Crippen LogP contribution in [0.5, 0.6) is 0 Å². The van der Waals surface area contributed by atoms with Gasteiger partial charge in [-0.3, -0.25) is 4.79 Å². The molecule has 0 saturated carbocycles. The molecule has 96 valence electrons. The zero-order valence-corrected chi connectivity index (χ0v) is 11.3. The number of aromatic nitrogens is 2. The van der Waals surface area contributed by atoms with Gasteiger partial charge in [-0.25, -0.2) is 4.98 Å². The van der Waals surface area contributed by atoms with Gasteiger partial charge in [0.15, 0.2) is 0 Å². The van der Waals surface area contributed by atoms with Crippen molar-refractivity contribution in [1.29, 1.82) is 0 Å². The number of aromatic amines is 1. The smallest absolute Gasteiger partial charge is 0.260 e. The summed E-state index contributed by atoms with van der Waals surface area (Å²) in [7, 11) is 0. The molecule has 2 heterocycles. The van der Waals surface area contributed by atoms with E-state index in [9.17, 15) is 4.79 Å². The first kappa shape index (κ1) is 11.4. The third-order valence-corrected chi connectivity index (χ3v) is 4.34. The van der Waals surface area contributed by atoms with Crippen molar-refractivity contribution >= 4 is 32.3 Å². The minimum atomic E-state index is -0.0841. The molecule has 0 saturated heterocycles. The molecule has 20 heavy (non-hydrogen) atoms. The monoisotopic (exact) mass is 278 g/mol. The number of fused-ring (bicyclic) bond motifs is 2. The molecule has 0 amide bonds. The molecule has 0 fully saturated rings. The van der Waals surface area contributed by atoms with Crippen LogP contribution in [0, 0.1) is 0 Å². The van der Waals surface area contributed by atoms with Crippen molar-refractivity contribution < 1.29 is 0 Å². The highest BCUT2D eigenvalue weighted by Gasteiger charge is 2.12. The molecule has 4 aromatic rings. The minimum absolute atomic E-state index is 0.0841. The number of nitrogens with one attached hydrogen (secondary N) is 1. The van der Waals surface area contributed by atoms with Gasteiger partial charge in [-0.15, -0.1) is 11.3 Å². The number of nitrogens with zero attached hydrogens (tertiary/aromatic N) is 1. The maximum Gasteiger partial charge on any atom is 0.260 e. The fourth-order valence-electron chi connectivity index (χ4n) is 2.54. The molecular formula is C16H10N2OS. The van der Waals surface area contributed by atoms with Gasteiger partial charge in [0.25, 0.3) is 5.56 Å². The van der Waals surface area contributed by atoms with E-state index in [-0.39, 0.29) is 5.56 Å². The molecule has 4 heteroatoms. The standard InChI is InChI=1S/C16H10N2OS/c19-15-14-13(8-20-16(14)18-9-17-15)12-7-3-5-10-4-1-2-6-11(10)12/h1-9H,(H,17,18,19). The third kappa shape index (κ3) is 1.58. The van der Waals surface area contributed by atoms with Gasteiger partial charge in [0.2, 0.25) is 0 Å². The topological polar surface area (TPSA) is 45.8 Å². The normalized spacial score (nSPS) is 11.2. The fraction of sp³-hybridized carbons (Fsp3) is 0. The predicted molar refractivity (Wildman–Crippen MR) is 83.2 cm³/mol. The van der Waals surface area contributed by atoms with Crippen molar-refractivity contribution in [3.8, 4) is 11.1 Å². The molecular weight excluding hydrogens is 268 g/mol. The summed E-state index contributed by atoms with van der Waals surface area (Å²) in [5, 5.41) is 5.01. The van der Waals surface area contributed by atoms with Crippen molar-refractivity contribution in [2.75, 3.05) is 0 Å². The van der Waals surface area contributed by atoms with Crippen LogP contribution in [0.4, 0.5) is 0 Å². The average molecular weight is 278 g/mol. The molecule has 0 aliphatic heterocycles. The van der Waals surface area contributed by atoms with E-state index in [0.29, 0.717) is 5.39 Å². The molecule has 3 nitrogen and oxygen atoms in total. The Hall–Kier alpha value is -2.46. The summed E-state index contributed by atoms with van der Waals surface area (Å²) < 4.78 is 0. The summed E-state index contributed by atoms with van der Waals surface area (Å²) in [5.74, 6) is 0. The van der Waals surface area contributed by atoms with Crippen LogP contribution in [0.1, 0.15) is 0 Å². The highest BCUT2D eigenvalue weighted by Crippen LogP contribution is 2.34. The van der Waals surface area contributed by atoms with Crippen LogP contribution in [0.3, 0.4) is 0 Å². The van der Waals surface area contributed by atoms with Gasteiger partial charge in [-0.2, -0.15) is 0 Å². The Morgan fingerprint density at radius 1 is 1.00 bits per heavy atom. The molecule has 0 aliphatic carbocycles. The molecule has 0 unspecified atom stereocenters. The first-order valence-electron chi connectivity index (χ1n) is 6.27. The first-order valence-corrected chi connectivity index (χ1v) is 7.15. The lowest BCUT2D eigenvalue weighted by Gasteiger charge is -2.05. The molecule has 2 aromatic heterocycles. The van der Waals surface area contributed by atoms with Gasteiger partial charge >= 0.3 is 0 Å². The Labute approximate surface area is 118 Å². The Kier molecular flexibility index (Phi) is 2.44. The molecule has 0 spiro atoms. The summed E-state index contributed by atoms with van der Waals surface area (Å²) in [6.45, 7) is 0. The number of thiophene rings is 1. The molecule has 2 aromatic carbocycles. The van der Waals surface area contributed by atoms with Gasteiger partial charge in [0.1, 0.15) is 4.83 Å². The van der Waals surface area contributed by atoms with E-state index in [4.69, 9.17) is 0 Å². The van der Waals surface area contributed by atoms with E-state index in [1.807, 2.05) is 23.6 Å². The summed E-state index contributed by atoms with van der Waals surface area (Å²) in [6.07, 6.45) is 1.45. The van der Waals surface area contributed by atoms with Crippen molar-refractivity contribution in [2.24, 2.45) is 0 Å². The highest BCUT2D eigenvalue weighted by atomic mass is 32.1. The number of H-pyrrole nitrogens is 1. The van der Waals surface area contributed by atoms with Crippen LogP contribution in [-0.2, 0) is 0 Å². The molecule has 0 aliphatic rings. The summed E-state index contributed by atoms with van der Waals surface area (Å²) >= 11 is 1.50.